The fourth-order valence-corrected chi connectivity index (χ4v) is 2.42. The van der Waals surface area contributed by atoms with Gasteiger partial charge in [0.05, 0.1) is 5.02 Å². The van der Waals surface area contributed by atoms with E-state index in [1.807, 2.05) is 6.07 Å². The average molecular weight is 307 g/mol. The summed E-state index contributed by atoms with van der Waals surface area (Å²) < 4.78 is 13.1. The Hall–Kier alpha value is -1.58. The lowest BCUT2D eigenvalue weighted by Gasteiger charge is -2.18. The second-order valence-electron chi connectivity index (χ2n) is 4.88. The van der Waals surface area contributed by atoms with Gasteiger partial charge in [0, 0.05) is 24.8 Å². The Morgan fingerprint density at radius 1 is 1.10 bits per heavy atom. The maximum Gasteiger partial charge on any atom is 0.141 e. The molecular weight excluding hydrogens is 287 g/mol. The van der Waals surface area contributed by atoms with Crippen molar-refractivity contribution in [1.82, 2.24) is 5.32 Å². The van der Waals surface area contributed by atoms with E-state index < -0.39 is 5.82 Å². The fourth-order valence-electron chi connectivity index (χ4n) is 2.24. The van der Waals surface area contributed by atoms with E-state index in [-0.39, 0.29) is 5.02 Å². The van der Waals surface area contributed by atoms with Crippen molar-refractivity contribution in [3.63, 3.8) is 0 Å². The molecule has 2 N–H and O–H groups in total. The van der Waals surface area contributed by atoms with E-state index >= 15 is 0 Å². The van der Waals surface area contributed by atoms with Gasteiger partial charge in [-0.3, -0.25) is 0 Å². The van der Waals surface area contributed by atoms with Crippen molar-refractivity contribution in [2.24, 2.45) is 0 Å². The van der Waals surface area contributed by atoms with Crippen molar-refractivity contribution in [1.29, 1.82) is 0 Å². The van der Waals surface area contributed by atoms with Gasteiger partial charge in [-0.1, -0.05) is 48.9 Å². The van der Waals surface area contributed by atoms with Gasteiger partial charge in [-0.05, 0) is 30.2 Å². The molecule has 1 unspecified atom stereocenters. The summed E-state index contributed by atoms with van der Waals surface area (Å²) >= 11 is 5.75. The highest BCUT2D eigenvalue weighted by atomic mass is 35.5. The van der Waals surface area contributed by atoms with Crippen LogP contribution in [0.25, 0.3) is 0 Å². The first-order valence-corrected chi connectivity index (χ1v) is 7.55. The summed E-state index contributed by atoms with van der Waals surface area (Å²) in [5.74, 6) is -0.393. The molecule has 0 bridgehead atoms. The zero-order valence-electron chi connectivity index (χ0n) is 12.1. The third kappa shape index (κ3) is 4.73. The molecule has 2 aromatic carbocycles. The van der Waals surface area contributed by atoms with Gasteiger partial charge in [-0.15, -0.1) is 0 Å². The van der Waals surface area contributed by atoms with Crippen LogP contribution in [-0.2, 0) is 0 Å². The molecule has 0 aromatic heterocycles. The summed E-state index contributed by atoms with van der Waals surface area (Å²) in [4.78, 5) is 0. The maximum atomic E-state index is 13.1. The highest BCUT2D eigenvalue weighted by Crippen LogP contribution is 2.19. The summed E-state index contributed by atoms with van der Waals surface area (Å²) in [6.07, 6.45) is 1.03. The van der Waals surface area contributed by atoms with Crippen LogP contribution in [0.4, 0.5) is 10.1 Å². The Labute approximate surface area is 130 Å². The minimum Gasteiger partial charge on any atom is -0.384 e. The lowest BCUT2D eigenvalue weighted by atomic mass is 10.0. The molecule has 21 heavy (non-hydrogen) atoms. The standard InChI is InChI=1S/C17H20ClFN2/c1-2-17(13-6-4-3-5-7-13)21-11-10-20-14-8-9-16(19)15(18)12-14/h3-9,12,17,20-21H,2,10-11H2,1H3. The number of hydrogen-bond acceptors (Lipinski definition) is 2. The van der Waals surface area contributed by atoms with Crippen molar-refractivity contribution in [2.45, 2.75) is 19.4 Å². The molecular formula is C17H20ClFN2. The molecule has 0 fully saturated rings. The van der Waals surface area contributed by atoms with Gasteiger partial charge in [0.25, 0.3) is 0 Å². The molecule has 0 amide bonds. The van der Waals surface area contributed by atoms with E-state index in [2.05, 4.69) is 41.8 Å². The highest BCUT2D eigenvalue weighted by molar-refractivity contribution is 6.31. The Balaban J connectivity index is 1.79. The topological polar surface area (TPSA) is 24.1 Å². The van der Waals surface area contributed by atoms with Crippen molar-refractivity contribution in [2.75, 3.05) is 18.4 Å². The zero-order valence-corrected chi connectivity index (χ0v) is 12.8. The molecule has 2 aromatic rings. The van der Waals surface area contributed by atoms with E-state index in [0.717, 1.165) is 25.2 Å². The average Bonchev–Trinajstić information content (AvgIpc) is 2.52. The van der Waals surface area contributed by atoms with Gasteiger partial charge >= 0.3 is 0 Å². The Kier molecular flexibility index (Phi) is 6.03. The molecule has 0 spiro atoms. The van der Waals surface area contributed by atoms with E-state index in [1.165, 1.54) is 11.6 Å². The number of anilines is 1. The molecule has 112 valence electrons. The van der Waals surface area contributed by atoms with E-state index in [4.69, 9.17) is 11.6 Å². The summed E-state index contributed by atoms with van der Waals surface area (Å²) in [6, 6.07) is 15.4. The van der Waals surface area contributed by atoms with Crippen LogP contribution in [0.1, 0.15) is 24.9 Å². The third-order valence-electron chi connectivity index (χ3n) is 3.37. The maximum absolute atomic E-state index is 13.1. The van der Waals surface area contributed by atoms with Crippen molar-refractivity contribution < 1.29 is 4.39 Å². The summed E-state index contributed by atoms with van der Waals surface area (Å²) in [5, 5.41) is 6.88. The van der Waals surface area contributed by atoms with Gasteiger partial charge in [0.1, 0.15) is 5.82 Å². The van der Waals surface area contributed by atoms with Crippen LogP contribution in [0.2, 0.25) is 5.02 Å². The number of rotatable bonds is 7. The number of halogens is 2. The second kappa shape index (κ2) is 8.01. The molecule has 0 aliphatic rings. The molecule has 2 nitrogen and oxygen atoms in total. The van der Waals surface area contributed by atoms with Crippen LogP contribution in [0, 0.1) is 5.82 Å². The Morgan fingerprint density at radius 3 is 2.52 bits per heavy atom. The molecule has 4 heteroatoms. The van der Waals surface area contributed by atoms with Gasteiger partial charge in [0.2, 0.25) is 0 Å². The monoisotopic (exact) mass is 306 g/mol. The number of hydrogen-bond donors (Lipinski definition) is 2. The predicted molar refractivity (Wildman–Crippen MR) is 87.4 cm³/mol. The molecule has 0 saturated heterocycles. The van der Waals surface area contributed by atoms with E-state index in [9.17, 15) is 4.39 Å². The SMILES string of the molecule is CCC(NCCNc1ccc(F)c(Cl)c1)c1ccccc1. The minimum atomic E-state index is -0.393. The molecule has 0 aliphatic carbocycles. The molecule has 0 heterocycles. The zero-order chi connectivity index (χ0) is 15.1. The van der Waals surface area contributed by atoms with E-state index in [0.29, 0.717) is 6.04 Å². The second-order valence-corrected chi connectivity index (χ2v) is 5.29. The number of nitrogens with one attached hydrogen (secondary N) is 2. The van der Waals surface area contributed by atoms with Crippen LogP contribution < -0.4 is 10.6 Å². The van der Waals surface area contributed by atoms with Gasteiger partial charge < -0.3 is 10.6 Å². The van der Waals surface area contributed by atoms with Gasteiger partial charge in [-0.2, -0.15) is 0 Å². The summed E-state index contributed by atoms with van der Waals surface area (Å²) in [6.45, 7) is 3.74. The smallest absolute Gasteiger partial charge is 0.141 e. The van der Waals surface area contributed by atoms with Gasteiger partial charge in [0.15, 0.2) is 0 Å². The van der Waals surface area contributed by atoms with Crippen molar-refractivity contribution in [3.8, 4) is 0 Å². The minimum absolute atomic E-state index is 0.142. The highest BCUT2D eigenvalue weighted by Gasteiger charge is 2.07. The number of benzene rings is 2. The van der Waals surface area contributed by atoms with Crippen LogP contribution in [0.5, 0.6) is 0 Å². The van der Waals surface area contributed by atoms with E-state index in [1.54, 1.807) is 12.1 Å². The largest absolute Gasteiger partial charge is 0.384 e. The first-order valence-electron chi connectivity index (χ1n) is 7.18. The first-order chi connectivity index (χ1) is 10.2. The predicted octanol–water partition coefficient (Wildman–Crippen LogP) is 4.63. The van der Waals surface area contributed by atoms with Crippen LogP contribution in [0.15, 0.2) is 48.5 Å². The summed E-state index contributed by atoms with van der Waals surface area (Å²) in [7, 11) is 0. The summed E-state index contributed by atoms with van der Waals surface area (Å²) in [5.41, 5.74) is 2.13. The lowest BCUT2D eigenvalue weighted by molar-refractivity contribution is 0.531. The molecule has 0 aliphatic heterocycles. The van der Waals surface area contributed by atoms with Crippen LogP contribution in [-0.4, -0.2) is 13.1 Å². The van der Waals surface area contributed by atoms with Crippen LogP contribution in [0.3, 0.4) is 0 Å². The molecule has 0 radical (unpaired) electrons. The van der Waals surface area contributed by atoms with Crippen molar-refractivity contribution >= 4 is 17.3 Å². The lowest BCUT2D eigenvalue weighted by Crippen LogP contribution is -2.26. The third-order valence-corrected chi connectivity index (χ3v) is 3.66. The molecule has 2 rings (SSSR count). The fraction of sp³-hybridized carbons (Fsp3) is 0.294. The van der Waals surface area contributed by atoms with Crippen LogP contribution >= 0.6 is 11.6 Å². The van der Waals surface area contributed by atoms with Crippen molar-refractivity contribution in [3.05, 3.63) is 64.9 Å². The molecule has 0 saturated carbocycles. The molecule has 1 atom stereocenters. The Bertz CT molecular complexity index is 560. The first kappa shape index (κ1) is 15.8. The quantitative estimate of drug-likeness (QED) is 0.729. The Morgan fingerprint density at radius 2 is 1.86 bits per heavy atom. The van der Waals surface area contributed by atoms with Gasteiger partial charge in [-0.25, -0.2) is 4.39 Å². The normalized spacial score (nSPS) is 12.1.